The van der Waals surface area contributed by atoms with Crippen molar-refractivity contribution >= 4 is 17.7 Å². The zero-order valence-electron chi connectivity index (χ0n) is 13.4. The summed E-state index contributed by atoms with van der Waals surface area (Å²) in [5.74, 6) is -3.09. The number of hydrogen-bond acceptors (Lipinski definition) is 5. The second-order valence-corrected chi connectivity index (χ2v) is 5.54. The highest BCUT2D eigenvalue weighted by Gasteiger charge is 2.21. The van der Waals surface area contributed by atoms with Gasteiger partial charge in [0.15, 0.2) is 11.6 Å². The molecule has 0 saturated heterocycles. The summed E-state index contributed by atoms with van der Waals surface area (Å²) >= 11 is 0. The summed E-state index contributed by atoms with van der Waals surface area (Å²) in [5, 5.41) is 2.11. The predicted molar refractivity (Wildman–Crippen MR) is 78.3 cm³/mol. The van der Waals surface area contributed by atoms with Crippen LogP contribution in [0.4, 0.5) is 19.3 Å². The minimum atomic E-state index is -1.29. The lowest BCUT2D eigenvalue weighted by atomic mass is 10.2. The van der Waals surface area contributed by atoms with Crippen molar-refractivity contribution in [3.8, 4) is 5.75 Å². The molecular formula is C15H19F2NO5. The van der Waals surface area contributed by atoms with Crippen molar-refractivity contribution in [2.75, 3.05) is 19.0 Å². The first-order chi connectivity index (χ1) is 10.6. The van der Waals surface area contributed by atoms with Crippen LogP contribution in [0.15, 0.2) is 12.1 Å². The van der Waals surface area contributed by atoms with Gasteiger partial charge in [-0.1, -0.05) is 0 Å². The number of carbonyl (C=O) groups is 2. The Kier molecular flexibility index (Phi) is 6.29. The third-order valence-corrected chi connectivity index (χ3v) is 2.47. The highest BCUT2D eigenvalue weighted by molar-refractivity contribution is 5.87. The van der Waals surface area contributed by atoms with E-state index in [0.29, 0.717) is 0 Å². The molecule has 1 amide bonds. The van der Waals surface area contributed by atoms with Gasteiger partial charge in [-0.2, -0.15) is 0 Å². The Balaban J connectivity index is 2.88. The van der Waals surface area contributed by atoms with Gasteiger partial charge in [-0.05, 0) is 32.9 Å². The fraction of sp³-hybridized carbons (Fsp3) is 0.467. The van der Waals surface area contributed by atoms with E-state index in [1.54, 1.807) is 20.8 Å². The van der Waals surface area contributed by atoms with Crippen molar-refractivity contribution in [3.05, 3.63) is 23.8 Å². The fourth-order valence-corrected chi connectivity index (χ4v) is 1.52. The molecule has 8 heteroatoms. The summed E-state index contributed by atoms with van der Waals surface area (Å²) in [6.45, 7) is 4.76. The number of halogens is 2. The zero-order chi connectivity index (χ0) is 17.6. The summed E-state index contributed by atoms with van der Waals surface area (Å²) in [6.07, 6.45) is -1.04. The van der Waals surface area contributed by atoms with E-state index in [1.807, 2.05) is 0 Å². The Morgan fingerprint density at radius 1 is 1.22 bits per heavy atom. The van der Waals surface area contributed by atoms with E-state index in [9.17, 15) is 18.4 Å². The number of methoxy groups -OCH3 is 1. The molecule has 0 aliphatic carbocycles. The van der Waals surface area contributed by atoms with Gasteiger partial charge in [0, 0.05) is 0 Å². The van der Waals surface area contributed by atoms with Gasteiger partial charge in [0.25, 0.3) is 0 Å². The van der Waals surface area contributed by atoms with Gasteiger partial charge < -0.3 is 14.2 Å². The van der Waals surface area contributed by atoms with Crippen LogP contribution in [0, 0.1) is 11.6 Å². The van der Waals surface area contributed by atoms with E-state index < -0.39 is 35.0 Å². The molecule has 128 valence electrons. The number of hydrogen-bond donors (Lipinski definition) is 1. The monoisotopic (exact) mass is 331 g/mol. The van der Waals surface area contributed by atoms with Crippen LogP contribution in [0.25, 0.3) is 0 Å². The van der Waals surface area contributed by atoms with Crippen molar-refractivity contribution in [2.45, 2.75) is 32.8 Å². The number of esters is 1. The molecule has 1 aromatic carbocycles. The molecular weight excluding hydrogens is 312 g/mol. The summed E-state index contributed by atoms with van der Waals surface area (Å²) in [6, 6.07) is 1.99. The van der Waals surface area contributed by atoms with Gasteiger partial charge in [-0.15, -0.1) is 0 Å². The lowest BCUT2D eigenvalue weighted by Gasteiger charge is -2.20. The SMILES string of the molecule is COC(=O)CCOc1ccc(F)c(F)c1NC(=O)OC(C)(C)C. The number of benzene rings is 1. The first-order valence-corrected chi connectivity index (χ1v) is 6.81. The quantitative estimate of drug-likeness (QED) is 0.838. The maximum Gasteiger partial charge on any atom is 0.412 e. The average molecular weight is 331 g/mol. The Morgan fingerprint density at radius 3 is 2.43 bits per heavy atom. The van der Waals surface area contributed by atoms with Crippen molar-refractivity contribution in [2.24, 2.45) is 0 Å². The molecule has 0 aliphatic heterocycles. The largest absolute Gasteiger partial charge is 0.491 e. The lowest BCUT2D eigenvalue weighted by Crippen LogP contribution is -2.27. The molecule has 0 aromatic heterocycles. The molecule has 23 heavy (non-hydrogen) atoms. The molecule has 0 heterocycles. The molecule has 6 nitrogen and oxygen atoms in total. The smallest absolute Gasteiger partial charge is 0.412 e. The summed E-state index contributed by atoms with van der Waals surface area (Å²) < 4.78 is 41.9. The number of amides is 1. The summed E-state index contributed by atoms with van der Waals surface area (Å²) in [4.78, 5) is 22.7. The van der Waals surface area contributed by atoms with E-state index in [1.165, 1.54) is 7.11 Å². The first kappa shape index (κ1) is 18.7. The van der Waals surface area contributed by atoms with Gasteiger partial charge >= 0.3 is 12.1 Å². The average Bonchev–Trinajstić information content (AvgIpc) is 2.44. The Morgan fingerprint density at radius 2 is 1.87 bits per heavy atom. The molecule has 1 aromatic rings. The minimum Gasteiger partial charge on any atom is -0.491 e. The van der Waals surface area contributed by atoms with Crippen molar-refractivity contribution in [1.29, 1.82) is 0 Å². The molecule has 0 spiro atoms. The number of carbonyl (C=O) groups excluding carboxylic acids is 2. The molecule has 0 atom stereocenters. The van der Waals surface area contributed by atoms with E-state index in [-0.39, 0.29) is 18.8 Å². The Bertz CT molecular complexity index is 584. The highest BCUT2D eigenvalue weighted by Crippen LogP contribution is 2.30. The van der Waals surface area contributed by atoms with Crippen LogP contribution in [0.3, 0.4) is 0 Å². The van der Waals surface area contributed by atoms with E-state index in [4.69, 9.17) is 9.47 Å². The van der Waals surface area contributed by atoms with E-state index >= 15 is 0 Å². The van der Waals surface area contributed by atoms with Gasteiger partial charge in [0.05, 0.1) is 20.1 Å². The maximum atomic E-state index is 13.9. The van der Waals surface area contributed by atoms with Crippen LogP contribution in [-0.2, 0) is 14.3 Å². The van der Waals surface area contributed by atoms with Crippen LogP contribution in [-0.4, -0.2) is 31.4 Å². The second-order valence-electron chi connectivity index (χ2n) is 5.54. The maximum absolute atomic E-state index is 13.9. The molecule has 1 rings (SSSR count). The molecule has 1 N–H and O–H groups in total. The van der Waals surface area contributed by atoms with Crippen LogP contribution < -0.4 is 10.1 Å². The standard InChI is InChI=1S/C15H19F2NO5/c1-15(2,3)23-14(20)18-13-10(6-5-9(16)12(13)17)22-8-7-11(19)21-4/h5-6H,7-8H2,1-4H3,(H,18,20). The van der Waals surface area contributed by atoms with E-state index in [0.717, 1.165) is 12.1 Å². The third-order valence-electron chi connectivity index (χ3n) is 2.47. The number of rotatable bonds is 5. The van der Waals surface area contributed by atoms with Gasteiger partial charge in [0.1, 0.15) is 17.0 Å². The van der Waals surface area contributed by atoms with Crippen LogP contribution in [0.1, 0.15) is 27.2 Å². The molecule has 0 fully saturated rings. The number of nitrogens with one attached hydrogen (secondary N) is 1. The van der Waals surface area contributed by atoms with Crippen molar-refractivity contribution in [1.82, 2.24) is 0 Å². The van der Waals surface area contributed by atoms with Crippen LogP contribution in [0.5, 0.6) is 5.75 Å². The van der Waals surface area contributed by atoms with Crippen LogP contribution >= 0.6 is 0 Å². The molecule has 0 unspecified atom stereocenters. The van der Waals surface area contributed by atoms with Gasteiger partial charge in [-0.3, -0.25) is 10.1 Å². The molecule has 0 radical (unpaired) electrons. The van der Waals surface area contributed by atoms with Crippen LogP contribution in [0.2, 0.25) is 0 Å². The van der Waals surface area contributed by atoms with E-state index in [2.05, 4.69) is 10.1 Å². The lowest BCUT2D eigenvalue weighted by molar-refractivity contribution is -0.141. The fourth-order valence-electron chi connectivity index (χ4n) is 1.52. The molecule has 0 saturated carbocycles. The predicted octanol–water partition coefficient (Wildman–Crippen LogP) is 3.25. The number of ether oxygens (including phenoxy) is 3. The molecule has 0 bridgehead atoms. The van der Waals surface area contributed by atoms with Gasteiger partial charge in [0.2, 0.25) is 0 Å². The topological polar surface area (TPSA) is 73.9 Å². The first-order valence-electron chi connectivity index (χ1n) is 6.81. The van der Waals surface area contributed by atoms with Gasteiger partial charge in [-0.25, -0.2) is 13.6 Å². The minimum absolute atomic E-state index is 0.0820. The Hall–Kier alpha value is -2.38. The zero-order valence-corrected chi connectivity index (χ0v) is 13.4. The summed E-state index contributed by atoms with van der Waals surface area (Å²) in [5.41, 5.74) is -1.30. The highest BCUT2D eigenvalue weighted by atomic mass is 19.2. The number of anilines is 1. The van der Waals surface area contributed by atoms with Crippen molar-refractivity contribution < 1.29 is 32.6 Å². The second kappa shape index (κ2) is 7.75. The third kappa shape index (κ3) is 6.09. The molecule has 0 aliphatic rings. The normalized spacial score (nSPS) is 10.9. The van der Waals surface area contributed by atoms with Crippen molar-refractivity contribution in [3.63, 3.8) is 0 Å². The summed E-state index contributed by atoms with van der Waals surface area (Å²) in [7, 11) is 1.22. The Labute approximate surface area is 132 Å².